The van der Waals surface area contributed by atoms with Gasteiger partial charge in [0.2, 0.25) is 0 Å². The molecule has 1 N–H and O–H groups in total. The van der Waals surface area contributed by atoms with Crippen LogP contribution in [-0.4, -0.2) is 67.0 Å². The Morgan fingerprint density at radius 3 is 2.68 bits per heavy atom. The molecule has 0 saturated carbocycles. The minimum atomic E-state index is -0.649. The van der Waals surface area contributed by atoms with Crippen molar-refractivity contribution in [3.05, 3.63) is 65.9 Å². The second-order valence-corrected chi connectivity index (χ2v) is 11.4. The molecular weight excluding hydrogens is 524 g/mol. The van der Waals surface area contributed by atoms with E-state index in [-0.39, 0.29) is 22.8 Å². The first kappa shape index (κ1) is 25.9. The number of halogens is 2. The number of methoxy groups -OCH3 is 1. The lowest BCUT2D eigenvalue weighted by molar-refractivity contribution is 0.121. The number of hydrogen-bond donors (Lipinski definition) is 1. The van der Waals surface area contributed by atoms with Crippen molar-refractivity contribution >= 4 is 22.5 Å². The van der Waals surface area contributed by atoms with Crippen molar-refractivity contribution in [1.29, 1.82) is 5.26 Å². The molecule has 3 saturated heterocycles. The molecule has 2 atom stereocenters. The zero-order valence-corrected chi connectivity index (χ0v) is 22.9. The molecule has 0 amide bonds. The number of anilines is 2. The van der Waals surface area contributed by atoms with Crippen molar-refractivity contribution in [2.75, 3.05) is 56.2 Å². The molecule has 3 aliphatic rings. The third-order valence-corrected chi connectivity index (χ3v) is 9.00. The Kier molecular flexibility index (Phi) is 6.36. The fraction of sp³-hybridized carbons (Fsp3) is 0.387. The van der Waals surface area contributed by atoms with E-state index in [4.69, 9.17) is 9.72 Å². The summed E-state index contributed by atoms with van der Waals surface area (Å²) in [6, 6.07) is 13.4. The van der Waals surface area contributed by atoms with Crippen molar-refractivity contribution in [2.45, 2.75) is 25.4 Å². The van der Waals surface area contributed by atoms with Gasteiger partial charge in [0.05, 0.1) is 23.0 Å². The van der Waals surface area contributed by atoms with Crippen molar-refractivity contribution in [3.63, 3.8) is 0 Å². The number of imidazole rings is 1. The van der Waals surface area contributed by atoms with Crippen molar-refractivity contribution in [3.8, 4) is 23.1 Å². The van der Waals surface area contributed by atoms with Gasteiger partial charge < -0.3 is 19.9 Å². The minimum absolute atomic E-state index is 0.0572. The standard InChI is InChI=1S/C31H31F2N7O/c1-41-23-7-12-38(17-23)22-4-5-26(25(33)15-22)40-29(20-2-3-21(16-34)24(32)14-20)37-28-27(6-10-36-30(28)40)39-13-9-31(19-39)8-11-35-18-31/h2-6,10,14-15,23,35H,7-9,11-13,17-19H2,1H3/t23-,31?/m0/s1. The average Bonchev–Trinajstić information content (AvgIpc) is 3.80. The van der Waals surface area contributed by atoms with Crippen LogP contribution in [0.4, 0.5) is 20.2 Å². The molecule has 210 valence electrons. The Morgan fingerprint density at radius 2 is 1.95 bits per heavy atom. The van der Waals surface area contributed by atoms with E-state index < -0.39 is 11.6 Å². The van der Waals surface area contributed by atoms with Crippen LogP contribution in [0, 0.1) is 28.4 Å². The smallest absolute Gasteiger partial charge is 0.167 e. The van der Waals surface area contributed by atoms with Crippen LogP contribution in [0.1, 0.15) is 24.8 Å². The summed E-state index contributed by atoms with van der Waals surface area (Å²) in [5.74, 6) is -0.709. The Balaban J connectivity index is 1.36. The Bertz CT molecular complexity index is 1670. The van der Waals surface area contributed by atoms with E-state index in [9.17, 15) is 9.65 Å². The summed E-state index contributed by atoms with van der Waals surface area (Å²) in [4.78, 5) is 14.1. The predicted molar refractivity (Wildman–Crippen MR) is 153 cm³/mol. The first-order chi connectivity index (χ1) is 20.0. The van der Waals surface area contributed by atoms with E-state index in [1.807, 2.05) is 18.2 Å². The van der Waals surface area contributed by atoms with Gasteiger partial charge in [-0.15, -0.1) is 0 Å². The maximum Gasteiger partial charge on any atom is 0.167 e. The zero-order valence-electron chi connectivity index (χ0n) is 22.9. The van der Waals surface area contributed by atoms with Gasteiger partial charge in [0, 0.05) is 62.7 Å². The quantitative estimate of drug-likeness (QED) is 0.384. The molecule has 1 unspecified atom stereocenters. The first-order valence-electron chi connectivity index (χ1n) is 14.1. The van der Waals surface area contributed by atoms with Gasteiger partial charge in [-0.3, -0.25) is 4.57 Å². The largest absolute Gasteiger partial charge is 0.380 e. The predicted octanol–water partition coefficient (Wildman–Crippen LogP) is 4.65. The summed E-state index contributed by atoms with van der Waals surface area (Å²) in [7, 11) is 1.70. The molecule has 0 radical (unpaired) electrons. The lowest BCUT2D eigenvalue weighted by atomic mass is 9.86. The number of nitrogens with zero attached hydrogens (tertiary/aromatic N) is 6. The second kappa shape index (κ2) is 10.1. The van der Waals surface area contributed by atoms with Crippen LogP contribution in [0.2, 0.25) is 0 Å². The number of benzene rings is 2. The first-order valence-corrected chi connectivity index (χ1v) is 14.1. The monoisotopic (exact) mass is 555 g/mol. The van der Waals surface area contributed by atoms with Crippen LogP contribution in [0.5, 0.6) is 0 Å². The van der Waals surface area contributed by atoms with Gasteiger partial charge in [0.1, 0.15) is 29.0 Å². The number of nitrogens with one attached hydrogen (secondary N) is 1. The highest BCUT2D eigenvalue weighted by Gasteiger charge is 2.41. The van der Waals surface area contributed by atoms with Crippen LogP contribution < -0.4 is 15.1 Å². The highest BCUT2D eigenvalue weighted by Crippen LogP contribution is 2.41. The molecule has 0 bridgehead atoms. The molecule has 3 fully saturated rings. The van der Waals surface area contributed by atoms with Crippen molar-refractivity contribution in [2.24, 2.45) is 5.41 Å². The number of fused-ring (bicyclic) bond motifs is 1. The highest BCUT2D eigenvalue weighted by molar-refractivity contribution is 5.91. The van der Waals surface area contributed by atoms with E-state index in [2.05, 4.69) is 20.1 Å². The van der Waals surface area contributed by atoms with Crippen LogP contribution in [-0.2, 0) is 4.74 Å². The molecule has 10 heteroatoms. The summed E-state index contributed by atoms with van der Waals surface area (Å²) in [5, 5.41) is 12.8. The molecule has 41 heavy (non-hydrogen) atoms. The number of nitriles is 1. The highest BCUT2D eigenvalue weighted by atomic mass is 19.1. The maximum absolute atomic E-state index is 16.0. The summed E-state index contributed by atoms with van der Waals surface area (Å²) < 4.78 is 38.0. The van der Waals surface area contributed by atoms with Crippen LogP contribution in [0.3, 0.4) is 0 Å². The number of aromatic nitrogens is 3. The van der Waals surface area contributed by atoms with Crippen LogP contribution in [0.25, 0.3) is 28.2 Å². The minimum Gasteiger partial charge on any atom is -0.380 e. The number of ether oxygens (including phenoxy) is 1. The SMILES string of the molecule is CO[C@H]1CCN(c2ccc(-n3c(-c4ccc(C#N)c(F)c4)nc4c(N5CCC6(CCNC6)C5)ccnc43)c(F)c2)C1. The zero-order chi connectivity index (χ0) is 28.1. The van der Waals surface area contributed by atoms with Gasteiger partial charge >= 0.3 is 0 Å². The van der Waals surface area contributed by atoms with Gasteiger partial charge in [-0.25, -0.2) is 18.7 Å². The van der Waals surface area contributed by atoms with E-state index in [0.29, 0.717) is 29.1 Å². The molecule has 7 rings (SSSR count). The third kappa shape index (κ3) is 4.40. The normalized spacial score (nSPS) is 22.3. The molecule has 2 aromatic heterocycles. The molecule has 5 heterocycles. The molecule has 4 aromatic rings. The van der Waals surface area contributed by atoms with E-state index in [1.54, 1.807) is 30.0 Å². The lowest BCUT2D eigenvalue weighted by Gasteiger charge is -2.24. The molecule has 8 nitrogen and oxygen atoms in total. The van der Waals surface area contributed by atoms with Gasteiger partial charge in [0.25, 0.3) is 0 Å². The molecule has 1 spiro atoms. The summed E-state index contributed by atoms with van der Waals surface area (Å²) >= 11 is 0. The molecule has 3 aliphatic heterocycles. The summed E-state index contributed by atoms with van der Waals surface area (Å²) in [6.45, 7) is 5.34. The van der Waals surface area contributed by atoms with Crippen molar-refractivity contribution in [1.82, 2.24) is 19.9 Å². The Labute approximate surface area is 237 Å². The Hall–Kier alpha value is -4.07. The second-order valence-electron chi connectivity index (χ2n) is 11.4. The van der Waals surface area contributed by atoms with Crippen molar-refractivity contribution < 1.29 is 13.5 Å². The number of hydrogen-bond acceptors (Lipinski definition) is 7. The van der Waals surface area contributed by atoms with Gasteiger partial charge in [-0.2, -0.15) is 5.26 Å². The Morgan fingerprint density at radius 1 is 1.05 bits per heavy atom. The molecule has 2 aromatic carbocycles. The van der Waals surface area contributed by atoms with E-state index in [1.165, 1.54) is 18.2 Å². The topological polar surface area (TPSA) is 82.2 Å². The number of pyridine rings is 1. The van der Waals surface area contributed by atoms with E-state index in [0.717, 1.165) is 63.4 Å². The van der Waals surface area contributed by atoms with E-state index >= 15 is 4.39 Å². The van der Waals surface area contributed by atoms with Crippen LogP contribution in [0.15, 0.2) is 48.7 Å². The fourth-order valence-corrected chi connectivity index (χ4v) is 6.70. The molecule has 0 aliphatic carbocycles. The lowest BCUT2D eigenvalue weighted by Crippen LogP contribution is -2.29. The fourth-order valence-electron chi connectivity index (χ4n) is 6.70. The molecular formula is C31H31F2N7O. The van der Waals surface area contributed by atoms with Gasteiger partial charge in [-0.05, 0) is 68.3 Å². The third-order valence-electron chi connectivity index (χ3n) is 9.00. The number of rotatable bonds is 5. The summed E-state index contributed by atoms with van der Waals surface area (Å²) in [5.41, 5.74) is 3.76. The maximum atomic E-state index is 16.0. The average molecular weight is 556 g/mol. The van der Waals surface area contributed by atoms with Gasteiger partial charge in [-0.1, -0.05) is 0 Å². The van der Waals surface area contributed by atoms with Gasteiger partial charge in [0.15, 0.2) is 5.65 Å². The summed E-state index contributed by atoms with van der Waals surface area (Å²) in [6.07, 6.45) is 4.98. The van der Waals surface area contributed by atoms with Crippen LogP contribution >= 0.6 is 0 Å².